The van der Waals surface area contributed by atoms with E-state index >= 15 is 0 Å². The molecule has 0 aliphatic carbocycles. The Morgan fingerprint density at radius 1 is 0.522 bits per heavy atom. The van der Waals surface area contributed by atoms with Crippen molar-refractivity contribution >= 4 is 16.5 Å². The van der Waals surface area contributed by atoms with Gasteiger partial charge >= 0.3 is 0 Å². The molecule has 0 radical (unpaired) electrons. The van der Waals surface area contributed by atoms with Crippen molar-refractivity contribution in [1.82, 2.24) is 0 Å². The molecule has 0 amide bonds. The molecular weight excluding hydrogens is 278 g/mol. The minimum Gasteiger partial charge on any atom is -0.399 e. The zero-order chi connectivity index (χ0) is 15.6. The van der Waals surface area contributed by atoms with Gasteiger partial charge in [-0.3, -0.25) is 0 Å². The van der Waals surface area contributed by atoms with Crippen LogP contribution in [0, 0.1) is 0 Å². The average molecular weight is 295 g/mol. The Morgan fingerprint density at radius 2 is 1.26 bits per heavy atom. The first-order valence-corrected chi connectivity index (χ1v) is 7.76. The largest absolute Gasteiger partial charge is 0.399 e. The van der Waals surface area contributed by atoms with Gasteiger partial charge < -0.3 is 5.73 Å². The van der Waals surface area contributed by atoms with Crippen molar-refractivity contribution in [3.63, 3.8) is 0 Å². The van der Waals surface area contributed by atoms with E-state index in [4.69, 9.17) is 5.73 Å². The minimum atomic E-state index is 0.785. The number of benzene rings is 4. The summed E-state index contributed by atoms with van der Waals surface area (Å²) in [4.78, 5) is 0. The number of anilines is 1. The van der Waals surface area contributed by atoms with Crippen molar-refractivity contribution in [3.8, 4) is 22.3 Å². The van der Waals surface area contributed by atoms with Crippen molar-refractivity contribution in [2.75, 3.05) is 5.73 Å². The number of nitrogen functional groups attached to an aromatic ring is 1. The SMILES string of the molecule is Nc1ccc(-c2cccc3ccccc23)c(-c2ccccc2)c1. The Kier molecular flexibility index (Phi) is 3.32. The van der Waals surface area contributed by atoms with E-state index < -0.39 is 0 Å². The van der Waals surface area contributed by atoms with Gasteiger partial charge in [0.1, 0.15) is 0 Å². The molecule has 4 rings (SSSR count). The first-order valence-electron chi connectivity index (χ1n) is 7.76. The Balaban J connectivity index is 2.02. The van der Waals surface area contributed by atoms with Crippen LogP contribution < -0.4 is 5.73 Å². The van der Waals surface area contributed by atoms with Crippen LogP contribution in [-0.4, -0.2) is 0 Å². The molecule has 110 valence electrons. The number of hydrogen-bond donors (Lipinski definition) is 1. The quantitative estimate of drug-likeness (QED) is 0.468. The van der Waals surface area contributed by atoms with Crippen LogP contribution >= 0.6 is 0 Å². The van der Waals surface area contributed by atoms with Crippen LogP contribution in [0.15, 0.2) is 91.0 Å². The highest BCUT2D eigenvalue weighted by Crippen LogP contribution is 2.37. The van der Waals surface area contributed by atoms with Crippen molar-refractivity contribution in [2.45, 2.75) is 0 Å². The van der Waals surface area contributed by atoms with E-state index in [-0.39, 0.29) is 0 Å². The minimum absolute atomic E-state index is 0.785. The molecule has 0 heterocycles. The maximum atomic E-state index is 6.06. The zero-order valence-corrected chi connectivity index (χ0v) is 12.7. The summed E-state index contributed by atoms with van der Waals surface area (Å²) < 4.78 is 0. The molecule has 0 bridgehead atoms. The van der Waals surface area contributed by atoms with Gasteiger partial charge in [0.05, 0.1) is 0 Å². The second-order valence-electron chi connectivity index (χ2n) is 5.70. The van der Waals surface area contributed by atoms with Crippen molar-refractivity contribution in [2.24, 2.45) is 0 Å². The lowest BCUT2D eigenvalue weighted by molar-refractivity contribution is 1.59. The second kappa shape index (κ2) is 5.62. The Morgan fingerprint density at radius 3 is 2.13 bits per heavy atom. The lowest BCUT2D eigenvalue weighted by atomic mass is 9.91. The van der Waals surface area contributed by atoms with Gasteiger partial charge in [-0.05, 0) is 45.2 Å². The molecule has 23 heavy (non-hydrogen) atoms. The van der Waals surface area contributed by atoms with Crippen LogP contribution in [0.5, 0.6) is 0 Å². The zero-order valence-electron chi connectivity index (χ0n) is 12.7. The van der Waals surface area contributed by atoms with Crippen LogP contribution in [0.1, 0.15) is 0 Å². The number of hydrogen-bond acceptors (Lipinski definition) is 1. The monoisotopic (exact) mass is 295 g/mol. The number of fused-ring (bicyclic) bond motifs is 1. The molecule has 0 fully saturated rings. The molecule has 0 saturated heterocycles. The average Bonchev–Trinajstić information content (AvgIpc) is 2.62. The van der Waals surface area contributed by atoms with Gasteiger partial charge in [0.2, 0.25) is 0 Å². The predicted octanol–water partition coefficient (Wildman–Crippen LogP) is 5.76. The van der Waals surface area contributed by atoms with Crippen molar-refractivity contribution in [3.05, 3.63) is 91.0 Å². The molecule has 0 spiro atoms. The third kappa shape index (κ3) is 2.47. The summed E-state index contributed by atoms with van der Waals surface area (Å²) in [5.41, 5.74) is 11.6. The second-order valence-corrected chi connectivity index (χ2v) is 5.70. The molecular formula is C22H17N. The molecule has 0 saturated carbocycles. The maximum absolute atomic E-state index is 6.06. The highest BCUT2D eigenvalue weighted by Gasteiger charge is 2.10. The lowest BCUT2D eigenvalue weighted by Crippen LogP contribution is -1.90. The standard InChI is InChI=1S/C22H17N/c23-18-13-14-21(22(15-18)17-7-2-1-3-8-17)20-12-6-10-16-9-4-5-11-19(16)20/h1-15H,23H2. The Hall–Kier alpha value is -3.06. The van der Waals surface area contributed by atoms with Crippen LogP contribution in [0.25, 0.3) is 33.0 Å². The van der Waals surface area contributed by atoms with Gasteiger partial charge in [-0.2, -0.15) is 0 Å². The lowest BCUT2D eigenvalue weighted by Gasteiger charge is -2.13. The third-order valence-corrected chi connectivity index (χ3v) is 4.21. The van der Waals surface area contributed by atoms with E-state index in [1.807, 2.05) is 12.1 Å². The molecule has 0 aromatic heterocycles. The Labute approximate surface area is 136 Å². The first kappa shape index (κ1) is 13.6. The Bertz CT molecular complexity index is 966. The number of rotatable bonds is 2. The van der Waals surface area contributed by atoms with E-state index in [9.17, 15) is 0 Å². The summed E-state index contributed by atoms with van der Waals surface area (Å²) in [6.45, 7) is 0. The highest BCUT2D eigenvalue weighted by molar-refractivity contribution is 6.00. The van der Waals surface area contributed by atoms with E-state index in [1.165, 1.54) is 33.0 Å². The summed E-state index contributed by atoms with van der Waals surface area (Å²) in [5.74, 6) is 0. The van der Waals surface area contributed by atoms with Gasteiger partial charge in [-0.1, -0.05) is 78.9 Å². The van der Waals surface area contributed by atoms with Crippen molar-refractivity contribution < 1.29 is 0 Å². The molecule has 1 nitrogen and oxygen atoms in total. The predicted molar refractivity (Wildman–Crippen MR) is 99.2 cm³/mol. The van der Waals surface area contributed by atoms with Crippen LogP contribution in [0.2, 0.25) is 0 Å². The van der Waals surface area contributed by atoms with Gasteiger partial charge in [0.15, 0.2) is 0 Å². The van der Waals surface area contributed by atoms with E-state index in [1.54, 1.807) is 0 Å². The van der Waals surface area contributed by atoms with Crippen LogP contribution in [0.3, 0.4) is 0 Å². The van der Waals surface area contributed by atoms with Gasteiger partial charge in [0.25, 0.3) is 0 Å². The molecule has 0 aliphatic heterocycles. The molecule has 0 unspecified atom stereocenters. The maximum Gasteiger partial charge on any atom is 0.0320 e. The molecule has 0 aliphatic rings. The van der Waals surface area contributed by atoms with E-state index in [0.717, 1.165) is 5.69 Å². The fourth-order valence-electron chi connectivity index (χ4n) is 3.11. The first-order chi connectivity index (χ1) is 11.3. The van der Waals surface area contributed by atoms with E-state index in [2.05, 4.69) is 78.9 Å². The molecule has 0 atom stereocenters. The van der Waals surface area contributed by atoms with Crippen LogP contribution in [-0.2, 0) is 0 Å². The number of nitrogens with two attached hydrogens (primary N) is 1. The molecule has 4 aromatic carbocycles. The molecule has 2 N–H and O–H groups in total. The topological polar surface area (TPSA) is 26.0 Å². The third-order valence-electron chi connectivity index (χ3n) is 4.21. The van der Waals surface area contributed by atoms with Crippen LogP contribution in [0.4, 0.5) is 5.69 Å². The summed E-state index contributed by atoms with van der Waals surface area (Å²) in [6.07, 6.45) is 0. The molecule has 1 heteroatoms. The van der Waals surface area contributed by atoms with Crippen molar-refractivity contribution in [1.29, 1.82) is 0 Å². The van der Waals surface area contributed by atoms with Gasteiger partial charge in [0, 0.05) is 5.69 Å². The highest BCUT2D eigenvalue weighted by atomic mass is 14.5. The fourth-order valence-corrected chi connectivity index (χ4v) is 3.11. The fraction of sp³-hybridized carbons (Fsp3) is 0. The summed E-state index contributed by atoms with van der Waals surface area (Å²) in [7, 11) is 0. The normalized spacial score (nSPS) is 10.8. The summed E-state index contributed by atoms with van der Waals surface area (Å²) in [5, 5.41) is 2.51. The summed E-state index contributed by atoms with van der Waals surface area (Å²) >= 11 is 0. The smallest absolute Gasteiger partial charge is 0.0320 e. The van der Waals surface area contributed by atoms with E-state index in [0.29, 0.717) is 0 Å². The van der Waals surface area contributed by atoms with Gasteiger partial charge in [-0.15, -0.1) is 0 Å². The molecule has 4 aromatic rings. The van der Waals surface area contributed by atoms with Gasteiger partial charge in [-0.25, -0.2) is 0 Å². The summed E-state index contributed by atoms with van der Waals surface area (Å²) in [6, 6.07) is 31.5.